The van der Waals surface area contributed by atoms with Crippen molar-refractivity contribution in [3.05, 3.63) is 59.7 Å². The number of methoxy groups -OCH3 is 1. The molecule has 0 saturated heterocycles. The summed E-state index contributed by atoms with van der Waals surface area (Å²) < 4.78 is 5.16. The van der Waals surface area contributed by atoms with Gasteiger partial charge in [-0.2, -0.15) is 0 Å². The van der Waals surface area contributed by atoms with Crippen LogP contribution in [0.4, 0.5) is 0 Å². The van der Waals surface area contributed by atoms with E-state index in [9.17, 15) is 0 Å². The fraction of sp³-hybridized carbons (Fsp3) is 0.176. The third kappa shape index (κ3) is 3.96. The van der Waals surface area contributed by atoms with E-state index in [0.29, 0.717) is 11.9 Å². The van der Waals surface area contributed by atoms with Crippen molar-refractivity contribution in [2.45, 2.75) is 6.61 Å². The molecule has 2 aromatic rings. The minimum Gasteiger partial charge on any atom is -0.380 e. The third-order valence-corrected chi connectivity index (χ3v) is 3.04. The molecule has 0 amide bonds. The van der Waals surface area contributed by atoms with Crippen LogP contribution in [0, 0.1) is 11.8 Å². The number of benzene rings is 2. The summed E-state index contributed by atoms with van der Waals surface area (Å²) in [6.07, 6.45) is 0. The van der Waals surface area contributed by atoms with Gasteiger partial charge in [0, 0.05) is 12.7 Å². The number of ether oxygens (including phenoxy) is 1. The first-order valence-corrected chi connectivity index (χ1v) is 7.19. The van der Waals surface area contributed by atoms with Gasteiger partial charge in [-0.1, -0.05) is 58.1 Å². The Morgan fingerprint density at radius 3 is 2.53 bits per heavy atom. The summed E-state index contributed by atoms with van der Waals surface area (Å²) in [4.78, 5) is 0. The zero-order valence-corrected chi connectivity index (χ0v) is 12.4. The van der Waals surface area contributed by atoms with Gasteiger partial charge in [0.05, 0.1) is 11.9 Å². The maximum Gasteiger partial charge on any atom is 0.0713 e. The van der Waals surface area contributed by atoms with Gasteiger partial charge < -0.3 is 4.74 Å². The largest absolute Gasteiger partial charge is 0.380 e. The van der Waals surface area contributed by atoms with E-state index in [1.807, 2.05) is 12.1 Å². The Kier molecular flexibility index (Phi) is 5.20. The maximum atomic E-state index is 5.16. The van der Waals surface area contributed by atoms with Crippen molar-refractivity contribution in [1.82, 2.24) is 0 Å². The van der Waals surface area contributed by atoms with Gasteiger partial charge in [-0.3, -0.25) is 0 Å². The minimum atomic E-state index is 0.642. The molecule has 0 aliphatic rings. The van der Waals surface area contributed by atoms with Crippen molar-refractivity contribution >= 4 is 15.9 Å². The normalized spacial score (nSPS) is 9.79. The summed E-state index contributed by atoms with van der Waals surface area (Å²) in [5.41, 5.74) is 4.62. The molecule has 0 aromatic heterocycles. The summed E-state index contributed by atoms with van der Waals surface area (Å²) in [6, 6.07) is 16.7. The zero-order chi connectivity index (χ0) is 13.5. The van der Waals surface area contributed by atoms with E-state index < -0.39 is 0 Å². The van der Waals surface area contributed by atoms with Crippen molar-refractivity contribution in [3.63, 3.8) is 0 Å². The molecule has 0 heterocycles. The Bertz CT molecular complexity index is 591. The number of hydrogen-bond donors (Lipinski definition) is 0. The monoisotopic (exact) mass is 314 g/mol. The Labute approximate surface area is 122 Å². The van der Waals surface area contributed by atoms with Crippen molar-refractivity contribution in [1.29, 1.82) is 0 Å². The molecular weight excluding hydrogens is 300 g/mol. The van der Waals surface area contributed by atoms with Crippen LogP contribution in [-0.4, -0.2) is 12.4 Å². The van der Waals surface area contributed by atoms with Crippen LogP contribution in [0.5, 0.6) is 0 Å². The third-order valence-electron chi connectivity index (χ3n) is 2.76. The molecule has 2 aromatic carbocycles. The van der Waals surface area contributed by atoms with Crippen LogP contribution in [0.25, 0.3) is 11.1 Å². The van der Waals surface area contributed by atoms with Crippen LogP contribution >= 0.6 is 15.9 Å². The number of alkyl halides is 1. The van der Waals surface area contributed by atoms with Crippen LogP contribution < -0.4 is 0 Å². The van der Waals surface area contributed by atoms with Gasteiger partial charge in [-0.25, -0.2) is 0 Å². The lowest BCUT2D eigenvalue weighted by molar-refractivity contribution is 0.185. The SMILES string of the molecule is COCc1cccc(-c2ccc(C#CCBr)cc2)c1. The van der Waals surface area contributed by atoms with Gasteiger partial charge in [-0.05, 0) is 34.9 Å². The number of rotatable bonds is 3. The van der Waals surface area contributed by atoms with Crippen LogP contribution in [0.3, 0.4) is 0 Å². The van der Waals surface area contributed by atoms with E-state index in [1.54, 1.807) is 7.11 Å². The molecule has 0 bridgehead atoms. The Morgan fingerprint density at radius 2 is 1.84 bits per heavy atom. The van der Waals surface area contributed by atoms with Crippen molar-refractivity contribution in [3.8, 4) is 23.0 Å². The van der Waals surface area contributed by atoms with Crippen LogP contribution in [-0.2, 0) is 11.3 Å². The van der Waals surface area contributed by atoms with Crippen molar-refractivity contribution in [2.75, 3.05) is 12.4 Å². The molecule has 0 fully saturated rings. The fourth-order valence-corrected chi connectivity index (χ4v) is 2.03. The van der Waals surface area contributed by atoms with Gasteiger partial charge in [0.15, 0.2) is 0 Å². The highest BCUT2D eigenvalue weighted by molar-refractivity contribution is 9.09. The first-order valence-electron chi connectivity index (χ1n) is 6.06. The second-order valence-corrected chi connectivity index (χ2v) is 4.71. The lowest BCUT2D eigenvalue weighted by Gasteiger charge is -2.05. The van der Waals surface area contributed by atoms with Crippen LogP contribution in [0.1, 0.15) is 11.1 Å². The minimum absolute atomic E-state index is 0.642. The maximum absolute atomic E-state index is 5.16. The van der Waals surface area contributed by atoms with Gasteiger partial charge in [0.25, 0.3) is 0 Å². The molecule has 96 valence electrons. The molecule has 0 N–H and O–H groups in total. The van der Waals surface area contributed by atoms with Gasteiger partial charge in [0.1, 0.15) is 0 Å². The van der Waals surface area contributed by atoms with Gasteiger partial charge in [-0.15, -0.1) is 0 Å². The highest BCUT2D eigenvalue weighted by Crippen LogP contribution is 2.21. The van der Waals surface area contributed by atoms with Crippen molar-refractivity contribution < 1.29 is 4.74 Å². The number of hydrogen-bond acceptors (Lipinski definition) is 1. The molecule has 0 aliphatic carbocycles. The van der Waals surface area contributed by atoms with E-state index >= 15 is 0 Å². The quantitative estimate of drug-likeness (QED) is 0.608. The van der Waals surface area contributed by atoms with E-state index in [4.69, 9.17) is 4.74 Å². The summed E-state index contributed by atoms with van der Waals surface area (Å²) in [7, 11) is 1.71. The molecule has 0 atom stereocenters. The molecule has 2 rings (SSSR count). The van der Waals surface area contributed by atoms with Gasteiger partial charge >= 0.3 is 0 Å². The molecule has 1 nitrogen and oxygen atoms in total. The zero-order valence-electron chi connectivity index (χ0n) is 10.8. The van der Waals surface area contributed by atoms with Crippen LogP contribution in [0.15, 0.2) is 48.5 Å². The summed E-state index contributed by atoms with van der Waals surface area (Å²) in [5, 5.41) is 0.702. The van der Waals surface area contributed by atoms with E-state index in [1.165, 1.54) is 16.7 Å². The predicted molar refractivity (Wildman–Crippen MR) is 83.3 cm³/mol. The van der Waals surface area contributed by atoms with Crippen LogP contribution in [0.2, 0.25) is 0 Å². The molecule has 2 heteroatoms. The number of halogens is 1. The second kappa shape index (κ2) is 7.13. The first kappa shape index (κ1) is 13.9. The fourth-order valence-electron chi connectivity index (χ4n) is 1.89. The molecule has 0 aliphatic heterocycles. The van der Waals surface area contributed by atoms with Crippen molar-refractivity contribution in [2.24, 2.45) is 0 Å². The Balaban J connectivity index is 2.24. The standard InChI is InChI=1S/C17H15BrO/c1-19-13-15-4-2-6-17(12-15)16-9-7-14(8-10-16)5-3-11-18/h2,4,6-10,12H,11,13H2,1H3. The molecule has 0 saturated carbocycles. The lowest BCUT2D eigenvalue weighted by atomic mass is 10.0. The smallest absolute Gasteiger partial charge is 0.0713 e. The van der Waals surface area contributed by atoms with E-state index in [0.717, 1.165) is 5.56 Å². The Morgan fingerprint density at radius 1 is 1.05 bits per heavy atom. The topological polar surface area (TPSA) is 9.23 Å². The lowest BCUT2D eigenvalue weighted by Crippen LogP contribution is -1.88. The second-order valence-electron chi connectivity index (χ2n) is 4.15. The molecule has 19 heavy (non-hydrogen) atoms. The van der Waals surface area contributed by atoms with E-state index in [2.05, 4.69) is 64.2 Å². The highest BCUT2D eigenvalue weighted by Gasteiger charge is 1.99. The molecular formula is C17H15BrO. The Hall–Kier alpha value is -1.56. The van der Waals surface area contributed by atoms with E-state index in [-0.39, 0.29) is 0 Å². The van der Waals surface area contributed by atoms with Gasteiger partial charge in [0.2, 0.25) is 0 Å². The predicted octanol–water partition coefficient (Wildman–Crippen LogP) is 4.25. The first-order chi connectivity index (χ1) is 9.33. The average molecular weight is 315 g/mol. The average Bonchev–Trinajstić information content (AvgIpc) is 2.46. The molecule has 0 radical (unpaired) electrons. The summed E-state index contributed by atoms with van der Waals surface area (Å²) >= 11 is 3.30. The molecule has 0 unspecified atom stereocenters. The molecule has 0 spiro atoms. The highest BCUT2D eigenvalue weighted by atomic mass is 79.9. The summed E-state index contributed by atoms with van der Waals surface area (Å²) in [5.74, 6) is 6.09. The summed E-state index contributed by atoms with van der Waals surface area (Å²) in [6.45, 7) is 0.642.